The summed E-state index contributed by atoms with van der Waals surface area (Å²) in [6, 6.07) is 16.6. The fraction of sp³-hybridized carbons (Fsp3) is 0.227. The van der Waals surface area contributed by atoms with Crippen LogP contribution in [0.2, 0.25) is 15.1 Å². The Labute approximate surface area is 190 Å². The molecule has 1 aromatic heterocycles. The Bertz CT molecular complexity index is 1050. The van der Waals surface area contributed by atoms with Crippen LogP contribution in [0, 0.1) is 0 Å². The molecule has 0 bridgehead atoms. The van der Waals surface area contributed by atoms with Crippen LogP contribution in [-0.4, -0.2) is 47.2 Å². The number of anilines is 1. The van der Waals surface area contributed by atoms with Crippen molar-refractivity contribution in [3.63, 3.8) is 0 Å². The molecule has 0 unspecified atom stereocenters. The normalized spacial score (nSPS) is 14.1. The molecule has 2 heterocycles. The van der Waals surface area contributed by atoms with Crippen LogP contribution in [0.3, 0.4) is 0 Å². The van der Waals surface area contributed by atoms with Crippen LogP contribution in [0.1, 0.15) is 5.56 Å². The number of amides is 1. The monoisotopic (exact) mass is 460 g/mol. The first-order valence-corrected chi connectivity index (χ1v) is 10.7. The number of nitrogens with zero attached hydrogens (tertiary/aromatic N) is 4. The summed E-state index contributed by atoms with van der Waals surface area (Å²) in [6.07, 6.45) is 0.316. The topological polar surface area (TPSA) is 49.3 Å². The van der Waals surface area contributed by atoms with Gasteiger partial charge in [0.25, 0.3) is 0 Å². The highest BCUT2D eigenvalue weighted by Gasteiger charge is 2.23. The second kappa shape index (κ2) is 9.21. The number of benzene rings is 2. The Hall–Kier alpha value is -2.34. The van der Waals surface area contributed by atoms with E-state index in [1.54, 1.807) is 12.1 Å². The van der Waals surface area contributed by atoms with Crippen molar-refractivity contribution < 1.29 is 4.79 Å². The Morgan fingerprint density at radius 3 is 2.30 bits per heavy atom. The average Bonchev–Trinajstić information content (AvgIpc) is 2.76. The van der Waals surface area contributed by atoms with Gasteiger partial charge in [-0.05, 0) is 42.0 Å². The zero-order chi connectivity index (χ0) is 21.1. The minimum Gasteiger partial charge on any atom is -0.352 e. The maximum absolute atomic E-state index is 12.6. The molecule has 30 heavy (non-hydrogen) atoms. The largest absolute Gasteiger partial charge is 0.352 e. The third-order valence-electron chi connectivity index (χ3n) is 5.11. The van der Waals surface area contributed by atoms with E-state index >= 15 is 0 Å². The molecular formula is C22H19Cl3N4O. The van der Waals surface area contributed by atoms with Crippen LogP contribution in [0.5, 0.6) is 0 Å². The molecule has 8 heteroatoms. The zero-order valence-electron chi connectivity index (χ0n) is 16.1. The Balaban J connectivity index is 1.37. The van der Waals surface area contributed by atoms with Crippen molar-refractivity contribution in [1.29, 1.82) is 0 Å². The number of carbonyl (C=O) groups is 1. The second-order valence-electron chi connectivity index (χ2n) is 7.04. The fourth-order valence-corrected chi connectivity index (χ4v) is 4.14. The van der Waals surface area contributed by atoms with Crippen molar-refractivity contribution in [2.45, 2.75) is 6.42 Å². The van der Waals surface area contributed by atoms with Gasteiger partial charge < -0.3 is 9.80 Å². The highest BCUT2D eigenvalue weighted by Crippen LogP contribution is 2.29. The van der Waals surface area contributed by atoms with E-state index in [1.807, 2.05) is 47.4 Å². The third kappa shape index (κ3) is 4.69. The van der Waals surface area contributed by atoms with Gasteiger partial charge in [-0.15, -0.1) is 10.2 Å². The molecule has 5 nitrogen and oxygen atoms in total. The van der Waals surface area contributed by atoms with Crippen LogP contribution in [0.25, 0.3) is 11.3 Å². The molecule has 4 rings (SSSR count). The molecular weight excluding hydrogens is 443 g/mol. The van der Waals surface area contributed by atoms with Gasteiger partial charge in [0.2, 0.25) is 5.91 Å². The zero-order valence-corrected chi connectivity index (χ0v) is 18.3. The number of piperazine rings is 1. The Kier molecular flexibility index (Phi) is 6.42. The lowest BCUT2D eigenvalue weighted by Gasteiger charge is -2.35. The van der Waals surface area contributed by atoms with E-state index in [0.717, 1.165) is 16.9 Å². The van der Waals surface area contributed by atoms with Crippen LogP contribution >= 0.6 is 34.8 Å². The second-order valence-corrected chi connectivity index (χ2v) is 8.29. The van der Waals surface area contributed by atoms with Gasteiger partial charge in [-0.3, -0.25) is 4.79 Å². The standard InChI is InChI=1S/C22H19Cl3N4O/c23-16-5-6-17(19(25)14-16)20-7-8-21(27-26-20)28-9-11-29(12-10-28)22(30)13-15-3-1-2-4-18(15)24/h1-8,14H,9-13H2. The van der Waals surface area contributed by atoms with E-state index < -0.39 is 0 Å². The van der Waals surface area contributed by atoms with E-state index in [0.29, 0.717) is 53.4 Å². The van der Waals surface area contributed by atoms with Gasteiger partial charge in [-0.2, -0.15) is 0 Å². The van der Waals surface area contributed by atoms with E-state index in [1.165, 1.54) is 0 Å². The van der Waals surface area contributed by atoms with Gasteiger partial charge in [0, 0.05) is 41.8 Å². The van der Waals surface area contributed by atoms with Gasteiger partial charge in [-0.25, -0.2) is 0 Å². The summed E-state index contributed by atoms with van der Waals surface area (Å²) >= 11 is 18.4. The van der Waals surface area contributed by atoms with Gasteiger partial charge in [-0.1, -0.05) is 53.0 Å². The molecule has 1 aliphatic heterocycles. The van der Waals surface area contributed by atoms with Crippen molar-refractivity contribution in [2.24, 2.45) is 0 Å². The smallest absolute Gasteiger partial charge is 0.227 e. The molecule has 0 saturated carbocycles. The number of halogens is 3. The molecule has 3 aromatic rings. The Morgan fingerprint density at radius 1 is 0.867 bits per heavy atom. The summed E-state index contributed by atoms with van der Waals surface area (Å²) in [5.41, 5.74) is 2.33. The lowest BCUT2D eigenvalue weighted by molar-refractivity contribution is -0.130. The highest BCUT2D eigenvalue weighted by atomic mass is 35.5. The predicted molar refractivity (Wildman–Crippen MR) is 121 cm³/mol. The summed E-state index contributed by atoms with van der Waals surface area (Å²) in [5.74, 6) is 0.864. The van der Waals surface area contributed by atoms with Crippen molar-refractivity contribution >= 4 is 46.5 Å². The average molecular weight is 462 g/mol. The SMILES string of the molecule is O=C(Cc1ccccc1Cl)N1CCN(c2ccc(-c3ccc(Cl)cc3Cl)nn2)CC1. The summed E-state index contributed by atoms with van der Waals surface area (Å²) in [7, 11) is 0. The minimum atomic E-state index is 0.0848. The molecule has 0 N–H and O–H groups in total. The molecule has 0 radical (unpaired) electrons. The first-order chi connectivity index (χ1) is 14.5. The van der Waals surface area contributed by atoms with Crippen LogP contribution < -0.4 is 4.90 Å². The van der Waals surface area contributed by atoms with Crippen molar-refractivity contribution in [3.05, 3.63) is 75.2 Å². The first kappa shape index (κ1) is 20.9. The summed E-state index contributed by atoms with van der Waals surface area (Å²) in [5, 5.41) is 10.4. The van der Waals surface area contributed by atoms with E-state index in [2.05, 4.69) is 15.1 Å². The lowest BCUT2D eigenvalue weighted by Crippen LogP contribution is -2.49. The lowest BCUT2D eigenvalue weighted by atomic mass is 10.1. The number of aromatic nitrogens is 2. The summed E-state index contributed by atoms with van der Waals surface area (Å²) in [6.45, 7) is 2.67. The van der Waals surface area contributed by atoms with Crippen molar-refractivity contribution in [1.82, 2.24) is 15.1 Å². The summed E-state index contributed by atoms with van der Waals surface area (Å²) < 4.78 is 0. The van der Waals surface area contributed by atoms with Gasteiger partial charge >= 0.3 is 0 Å². The van der Waals surface area contributed by atoms with Gasteiger partial charge in [0.05, 0.1) is 17.1 Å². The maximum atomic E-state index is 12.6. The molecule has 1 fully saturated rings. The van der Waals surface area contributed by atoms with Gasteiger partial charge in [0.1, 0.15) is 0 Å². The molecule has 0 spiro atoms. The molecule has 2 aromatic carbocycles. The van der Waals surface area contributed by atoms with E-state index in [4.69, 9.17) is 34.8 Å². The highest BCUT2D eigenvalue weighted by molar-refractivity contribution is 6.36. The van der Waals surface area contributed by atoms with E-state index in [-0.39, 0.29) is 5.91 Å². The maximum Gasteiger partial charge on any atom is 0.227 e. The molecule has 0 atom stereocenters. The predicted octanol–water partition coefficient (Wildman–Crippen LogP) is 5.00. The van der Waals surface area contributed by atoms with Crippen LogP contribution in [0.4, 0.5) is 5.82 Å². The number of hydrogen-bond acceptors (Lipinski definition) is 4. The number of hydrogen-bond donors (Lipinski definition) is 0. The van der Waals surface area contributed by atoms with Gasteiger partial charge in [0.15, 0.2) is 5.82 Å². The molecule has 1 saturated heterocycles. The summed E-state index contributed by atoms with van der Waals surface area (Å²) in [4.78, 5) is 16.6. The van der Waals surface area contributed by atoms with Crippen LogP contribution in [-0.2, 0) is 11.2 Å². The molecule has 0 aliphatic carbocycles. The molecule has 154 valence electrons. The van der Waals surface area contributed by atoms with Crippen molar-refractivity contribution in [2.75, 3.05) is 31.1 Å². The fourth-order valence-electron chi connectivity index (χ4n) is 3.44. The van der Waals surface area contributed by atoms with Crippen molar-refractivity contribution in [3.8, 4) is 11.3 Å². The quantitative estimate of drug-likeness (QED) is 0.549. The molecule has 1 aliphatic rings. The minimum absolute atomic E-state index is 0.0848. The number of rotatable bonds is 4. The Morgan fingerprint density at radius 2 is 1.63 bits per heavy atom. The number of carbonyl (C=O) groups excluding carboxylic acids is 1. The third-order valence-corrected chi connectivity index (χ3v) is 6.03. The van der Waals surface area contributed by atoms with E-state index in [9.17, 15) is 4.79 Å². The first-order valence-electron chi connectivity index (χ1n) is 9.56. The molecule has 1 amide bonds. The van der Waals surface area contributed by atoms with Crippen LogP contribution in [0.15, 0.2) is 54.6 Å².